The Morgan fingerprint density at radius 2 is 1.81 bits per heavy atom. The zero-order chi connectivity index (χ0) is 19.0. The van der Waals surface area contributed by atoms with Gasteiger partial charge in [-0.2, -0.15) is 5.26 Å². The highest BCUT2D eigenvalue weighted by atomic mass is 15.0. The lowest BCUT2D eigenvalue weighted by molar-refractivity contribution is 0.954. The van der Waals surface area contributed by atoms with Crippen molar-refractivity contribution in [2.45, 2.75) is 20.8 Å². The predicted molar refractivity (Wildman–Crippen MR) is 110 cm³/mol. The van der Waals surface area contributed by atoms with Gasteiger partial charge in [0.05, 0.1) is 16.6 Å². The maximum Gasteiger partial charge on any atom is 0.149 e. The van der Waals surface area contributed by atoms with Crippen LogP contribution in [0.25, 0.3) is 28.4 Å². The van der Waals surface area contributed by atoms with E-state index in [0.29, 0.717) is 11.4 Å². The SMILES string of the molecule is Cc1ccccc1-n1c(C)cc(/C=C(/C#N)c2nc3ccccc3[nH]2)c1C. The molecule has 0 saturated heterocycles. The van der Waals surface area contributed by atoms with E-state index in [2.05, 4.69) is 59.6 Å². The Morgan fingerprint density at radius 1 is 1.07 bits per heavy atom. The molecule has 4 rings (SSSR count). The Hall–Kier alpha value is -3.58. The van der Waals surface area contributed by atoms with Crippen molar-refractivity contribution >= 4 is 22.7 Å². The fraction of sp³-hybridized carbons (Fsp3) is 0.130. The fourth-order valence-electron chi connectivity index (χ4n) is 3.51. The van der Waals surface area contributed by atoms with Gasteiger partial charge in [-0.25, -0.2) is 4.98 Å². The van der Waals surface area contributed by atoms with Crippen LogP contribution in [0.15, 0.2) is 54.6 Å². The van der Waals surface area contributed by atoms with Gasteiger partial charge in [0.25, 0.3) is 0 Å². The second kappa shape index (κ2) is 6.62. The minimum atomic E-state index is 0.524. The minimum Gasteiger partial charge on any atom is -0.337 e. The number of rotatable bonds is 3. The smallest absolute Gasteiger partial charge is 0.149 e. The Kier molecular flexibility index (Phi) is 4.13. The first kappa shape index (κ1) is 16.9. The zero-order valence-electron chi connectivity index (χ0n) is 15.6. The topological polar surface area (TPSA) is 57.4 Å². The van der Waals surface area contributed by atoms with Gasteiger partial charge < -0.3 is 9.55 Å². The van der Waals surface area contributed by atoms with Crippen LogP contribution < -0.4 is 0 Å². The number of allylic oxidation sites excluding steroid dienone is 1. The molecular formula is C23H20N4. The van der Waals surface area contributed by atoms with Crippen molar-refractivity contribution in [1.82, 2.24) is 14.5 Å². The second-order valence-electron chi connectivity index (χ2n) is 6.72. The molecular weight excluding hydrogens is 332 g/mol. The third-order valence-electron chi connectivity index (χ3n) is 4.89. The molecule has 4 nitrogen and oxygen atoms in total. The van der Waals surface area contributed by atoms with Gasteiger partial charge in [-0.1, -0.05) is 30.3 Å². The van der Waals surface area contributed by atoms with E-state index in [1.807, 2.05) is 42.5 Å². The molecule has 4 heteroatoms. The van der Waals surface area contributed by atoms with Gasteiger partial charge in [0.15, 0.2) is 0 Å². The highest BCUT2D eigenvalue weighted by Crippen LogP contribution is 2.26. The van der Waals surface area contributed by atoms with Crippen LogP contribution in [0.1, 0.15) is 28.3 Å². The minimum absolute atomic E-state index is 0.524. The number of nitrogens with zero attached hydrogens (tertiary/aromatic N) is 3. The molecule has 2 heterocycles. The summed E-state index contributed by atoms with van der Waals surface area (Å²) in [5.41, 5.74) is 7.95. The monoisotopic (exact) mass is 352 g/mol. The summed E-state index contributed by atoms with van der Waals surface area (Å²) >= 11 is 0. The molecule has 4 aromatic rings. The first-order valence-corrected chi connectivity index (χ1v) is 8.90. The summed E-state index contributed by atoms with van der Waals surface area (Å²) in [6, 6.07) is 20.5. The maximum absolute atomic E-state index is 9.71. The number of fused-ring (bicyclic) bond motifs is 1. The molecule has 27 heavy (non-hydrogen) atoms. The number of para-hydroxylation sites is 3. The number of hydrogen-bond acceptors (Lipinski definition) is 2. The molecule has 0 saturated carbocycles. The van der Waals surface area contributed by atoms with Crippen LogP contribution in [0.4, 0.5) is 0 Å². The van der Waals surface area contributed by atoms with E-state index < -0.39 is 0 Å². The van der Waals surface area contributed by atoms with E-state index in [1.165, 1.54) is 5.56 Å². The Morgan fingerprint density at radius 3 is 2.56 bits per heavy atom. The molecule has 0 aliphatic carbocycles. The maximum atomic E-state index is 9.71. The quantitative estimate of drug-likeness (QED) is 0.506. The van der Waals surface area contributed by atoms with Crippen molar-refractivity contribution < 1.29 is 0 Å². The van der Waals surface area contributed by atoms with E-state index in [-0.39, 0.29) is 0 Å². The molecule has 0 aliphatic heterocycles. The van der Waals surface area contributed by atoms with Crippen LogP contribution in [0.3, 0.4) is 0 Å². The number of imidazole rings is 1. The molecule has 2 aromatic carbocycles. The normalized spacial score (nSPS) is 11.7. The van der Waals surface area contributed by atoms with Gasteiger partial charge in [-0.05, 0) is 62.2 Å². The summed E-state index contributed by atoms with van der Waals surface area (Å²) in [6.07, 6.45) is 1.91. The highest BCUT2D eigenvalue weighted by Gasteiger charge is 2.13. The molecule has 0 radical (unpaired) electrons. The van der Waals surface area contributed by atoms with Crippen molar-refractivity contribution in [1.29, 1.82) is 5.26 Å². The Balaban J connectivity index is 1.82. The van der Waals surface area contributed by atoms with Crippen LogP contribution in [0.5, 0.6) is 0 Å². The molecule has 0 aliphatic rings. The van der Waals surface area contributed by atoms with Crippen molar-refractivity contribution in [2.24, 2.45) is 0 Å². The van der Waals surface area contributed by atoms with E-state index in [4.69, 9.17) is 0 Å². The fourth-order valence-corrected chi connectivity index (χ4v) is 3.51. The summed E-state index contributed by atoms with van der Waals surface area (Å²) in [5, 5.41) is 9.71. The van der Waals surface area contributed by atoms with Crippen LogP contribution in [0.2, 0.25) is 0 Å². The number of nitrogens with one attached hydrogen (secondary N) is 1. The third kappa shape index (κ3) is 2.94. The molecule has 0 fully saturated rings. The van der Waals surface area contributed by atoms with E-state index >= 15 is 0 Å². The van der Waals surface area contributed by atoms with E-state index in [9.17, 15) is 5.26 Å². The molecule has 132 valence electrons. The molecule has 0 amide bonds. The number of benzene rings is 2. The number of hydrogen-bond donors (Lipinski definition) is 1. The zero-order valence-corrected chi connectivity index (χ0v) is 15.6. The molecule has 2 aromatic heterocycles. The lowest BCUT2D eigenvalue weighted by Crippen LogP contribution is -2.01. The van der Waals surface area contributed by atoms with Gasteiger partial charge >= 0.3 is 0 Å². The van der Waals surface area contributed by atoms with Crippen LogP contribution >= 0.6 is 0 Å². The van der Waals surface area contributed by atoms with Gasteiger partial charge in [0.2, 0.25) is 0 Å². The van der Waals surface area contributed by atoms with Crippen LogP contribution in [0, 0.1) is 32.1 Å². The van der Waals surface area contributed by atoms with Gasteiger partial charge in [0, 0.05) is 17.1 Å². The third-order valence-corrected chi connectivity index (χ3v) is 4.89. The first-order valence-electron chi connectivity index (χ1n) is 8.90. The van der Waals surface area contributed by atoms with Crippen molar-refractivity contribution in [3.05, 3.63) is 82.9 Å². The van der Waals surface area contributed by atoms with Crippen molar-refractivity contribution in [2.75, 3.05) is 0 Å². The summed E-state index contributed by atoms with van der Waals surface area (Å²) in [6.45, 7) is 6.28. The lowest BCUT2D eigenvalue weighted by atomic mass is 10.1. The number of nitriles is 1. The molecule has 0 bridgehead atoms. The molecule has 1 N–H and O–H groups in total. The first-order chi connectivity index (χ1) is 13.1. The predicted octanol–water partition coefficient (Wildman–Crippen LogP) is 5.34. The number of H-pyrrole nitrogens is 1. The average Bonchev–Trinajstić information content (AvgIpc) is 3.21. The van der Waals surface area contributed by atoms with Gasteiger partial charge in [-0.3, -0.25) is 0 Å². The van der Waals surface area contributed by atoms with Gasteiger partial charge in [-0.15, -0.1) is 0 Å². The number of aromatic nitrogens is 3. The molecule has 0 spiro atoms. The summed E-state index contributed by atoms with van der Waals surface area (Å²) in [7, 11) is 0. The Labute approximate surface area is 158 Å². The van der Waals surface area contributed by atoms with Crippen LogP contribution in [-0.2, 0) is 0 Å². The van der Waals surface area contributed by atoms with Crippen molar-refractivity contribution in [3.63, 3.8) is 0 Å². The van der Waals surface area contributed by atoms with E-state index in [1.54, 1.807) is 0 Å². The highest BCUT2D eigenvalue weighted by molar-refractivity contribution is 5.90. The molecule has 0 unspecified atom stereocenters. The van der Waals surface area contributed by atoms with Crippen LogP contribution in [-0.4, -0.2) is 14.5 Å². The standard InChI is InChI=1S/C23H20N4/c1-15-8-4-7-11-22(15)27-16(2)12-18(17(27)3)13-19(14-24)23-25-20-9-5-6-10-21(20)26-23/h4-13H,1-3H3,(H,25,26)/b19-13-. The number of aryl methyl sites for hydroxylation is 2. The van der Waals surface area contributed by atoms with Gasteiger partial charge in [0.1, 0.15) is 11.9 Å². The van der Waals surface area contributed by atoms with E-state index in [0.717, 1.165) is 33.7 Å². The second-order valence-corrected chi connectivity index (χ2v) is 6.72. The summed E-state index contributed by atoms with van der Waals surface area (Å²) in [4.78, 5) is 7.80. The molecule has 0 atom stereocenters. The van der Waals surface area contributed by atoms with Crippen molar-refractivity contribution in [3.8, 4) is 11.8 Å². The largest absolute Gasteiger partial charge is 0.337 e. The Bertz CT molecular complexity index is 1180. The average molecular weight is 352 g/mol. The summed E-state index contributed by atoms with van der Waals surface area (Å²) < 4.78 is 2.23. The summed E-state index contributed by atoms with van der Waals surface area (Å²) in [5.74, 6) is 0.597. The number of aromatic amines is 1. The lowest BCUT2D eigenvalue weighted by Gasteiger charge is -2.12.